The van der Waals surface area contributed by atoms with Gasteiger partial charge in [-0.1, -0.05) is 6.07 Å². The summed E-state index contributed by atoms with van der Waals surface area (Å²) >= 11 is 0. The van der Waals surface area contributed by atoms with Crippen LogP contribution in [0.5, 0.6) is 0 Å². The molecule has 0 saturated carbocycles. The molecule has 1 atom stereocenters. The molecule has 1 N–H and O–H groups in total. The summed E-state index contributed by atoms with van der Waals surface area (Å²) in [4.78, 5) is 26.5. The van der Waals surface area contributed by atoms with Gasteiger partial charge in [-0.2, -0.15) is 0 Å². The molecule has 124 valence electrons. The first-order chi connectivity index (χ1) is 10.9. The van der Waals surface area contributed by atoms with E-state index in [1.54, 1.807) is 24.1 Å². The molecule has 1 unspecified atom stereocenters. The number of hydrogen-bond acceptors (Lipinski definition) is 4. The van der Waals surface area contributed by atoms with Crippen molar-refractivity contribution < 1.29 is 19.1 Å². The minimum absolute atomic E-state index is 0.0383. The van der Waals surface area contributed by atoms with Crippen LogP contribution in [0, 0.1) is 0 Å². The summed E-state index contributed by atoms with van der Waals surface area (Å²) in [5.74, 6) is -0.0835. The van der Waals surface area contributed by atoms with Gasteiger partial charge in [-0.05, 0) is 31.5 Å². The van der Waals surface area contributed by atoms with E-state index in [0.717, 1.165) is 11.3 Å². The van der Waals surface area contributed by atoms with Gasteiger partial charge in [0.2, 0.25) is 5.91 Å². The lowest BCUT2D eigenvalue weighted by Crippen LogP contribution is -2.47. The van der Waals surface area contributed by atoms with Gasteiger partial charge in [0.25, 0.3) is 5.91 Å². The fourth-order valence-electron chi connectivity index (χ4n) is 3.10. The van der Waals surface area contributed by atoms with Crippen LogP contribution in [0.15, 0.2) is 18.2 Å². The fourth-order valence-corrected chi connectivity index (χ4v) is 3.10. The highest BCUT2D eigenvalue weighted by Crippen LogP contribution is 2.37. The molecule has 2 aliphatic rings. The van der Waals surface area contributed by atoms with Gasteiger partial charge in [-0.15, -0.1) is 0 Å². The maximum absolute atomic E-state index is 12.7. The van der Waals surface area contributed by atoms with Crippen molar-refractivity contribution in [1.29, 1.82) is 0 Å². The van der Waals surface area contributed by atoms with Crippen molar-refractivity contribution in [2.24, 2.45) is 0 Å². The number of methoxy groups -OCH3 is 1. The Kier molecular flexibility index (Phi) is 4.12. The third-order valence-electron chi connectivity index (χ3n) is 4.53. The number of hydrogen-bond donors (Lipinski definition) is 1. The van der Waals surface area contributed by atoms with E-state index < -0.39 is 5.41 Å². The second kappa shape index (κ2) is 5.94. The monoisotopic (exact) mass is 318 g/mol. The third-order valence-corrected chi connectivity index (χ3v) is 4.53. The topological polar surface area (TPSA) is 67.9 Å². The molecule has 2 amide bonds. The van der Waals surface area contributed by atoms with E-state index in [9.17, 15) is 9.59 Å². The van der Waals surface area contributed by atoms with Crippen molar-refractivity contribution in [2.75, 3.05) is 38.7 Å². The highest BCUT2D eigenvalue weighted by atomic mass is 16.5. The largest absolute Gasteiger partial charge is 0.382 e. The molecule has 6 heteroatoms. The molecule has 0 bridgehead atoms. The molecule has 1 fully saturated rings. The summed E-state index contributed by atoms with van der Waals surface area (Å²) in [7, 11) is 1.62. The quantitative estimate of drug-likeness (QED) is 0.915. The molecular formula is C17H22N2O4. The number of fused-ring (bicyclic) bond motifs is 1. The van der Waals surface area contributed by atoms with Crippen molar-refractivity contribution >= 4 is 17.5 Å². The fraction of sp³-hybridized carbons (Fsp3) is 0.529. The Morgan fingerprint density at radius 2 is 2.26 bits per heavy atom. The Hall–Kier alpha value is -1.92. The summed E-state index contributed by atoms with van der Waals surface area (Å²) in [5.41, 5.74) is 1.69. The lowest BCUT2D eigenvalue weighted by atomic mass is 9.86. The molecule has 1 saturated heterocycles. The number of carbonyl (C=O) groups excluding carboxylic acids is 2. The average Bonchev–Trinajstić information content (AvgIpc) is 2.76. The molecule has 6 nitrogen and oxygen atoms in total. The standard InChI is InChI=1S/C17H22N2O4/c1-17(2)13-5-4-11(8-14(13)18-16(17)21)15(20)19-6-7-23-12(9-19)10-22-3/h4-5,8,12H,6-7,9-10H2,1-3H3,(H,18,21). The number of morpholine rings is 1. The van der Waals surface area contributed by atoms with E-state index in [4.69, 9.17) is 9.47 Å². The molecule has 1 aromatic carbocycles. The van der Waals surface area contributed by atoms with E-state index >= 15 is 0 Å². The van der Waals surface area contributed by atoms with Crippen LogP contribution in [-0.2, 0) is 19.7 Å². The van der Waals surface area contributed by atoms with Gasteiger partial charge in [0.15, 0.2) is 0 Å². The summed E-state index contributed by atoms with van der Waals surface area (Å²) < 4.78 is 10.7. The van der Waals surface area contributed by atoms with Crippen LogP contribution < -0.4 is 5.32 Å². The molecular weight excluding hydrogens is 296 g/mol. The molecule has 3 rings (SSSR count). The SMILES string of the molecule is COCC1CN(C(=O)c2ccc3c(c2)NC(=O)C3(C)C)CCO1. The Bertz CT molecular complexity index is 639. The van der Waals surface area contributed by atoms with E-state index in [2.05, 4.69) is 5.32 Å². The molecule has 0 aliphatic carbocycles. The van der Waals surface area contributed by atoms with Gasteiger partial charge in [-0.3, -0.25) is 9.59 Å². The van der Waals surface area contributed by atoms with Crippen molar-refractivity contribution in [2.45, 2.75) is 25.4 Å². The summed E-state index contributed by atoms with van der Waals surface area (Å²) in [6, 6.07) is 5.43. The normalized spacial score (nSPS) is 22.7. The summed E-state index contributed by atoms with van der Waals surface area (Å²) in [6.45, 7) is 5.82. The first-order valence-electron chi connectivity index (χ1n) is 7.79. The smallest absolute Gasteiger partial charge is 0.254 e. The molecule has 0 aromatic heterocycles. The number of nitrogens with zero attached hydrogens (tertiary/aromatic N) is 1. The number of carbonyl (C=O) groups is 2. The Morgan fingerprint density at radius 3 is 3.00 bits per heavy atom. The number of amides is 2. The van der Waals surface area contributed by atoms with Gasteiger partial charge >= 0.3 is 0 Å². The zero-order chi connectivity index (χ0) is 16.6. The number of anilines is 1. The second-order valence-electron chi connectivity index (χ2n) is 6.54. The molecule has 2 aliphatic heterocycles. The molecule has 1 aromatic rings. The predicted octanol–water partition coefficient (Wildman–Crippen LogP) is 1.40. The van der Waals surface area contributed by atoms with Crippen molar-refractivity contribution in [1.82, 2.24) is 4.90 Å². The minimum atomic E-state index is -0.556. The van der Waals surface area contributed by atoms with E-state index in [1.165, 1.54) is 0 Å². The lowest BCUT2D eigenvalue weighted by molar-refractivity contribution is -0.119. The lowest BCUT2D eigenvalue weighted by Gasteiger charge is -2.32. The number of benzene rings is 1. The van der Waals surface area contributed by atoms with Gasteiger partial charge in [0, 0.05) is 31.5 Å². The van der Waals surface area contributed by atoms with Gasteiger partial charge in [0.1, 0.15) is 0 Å². The van der Waals surface area contributed by atoms with Crippen LogP contribution in [0.2, 0.25) is 0 Å². The third kappa shape index (κ3) is 2.84. The zero-order valence-electron chi connectivity index (χ0n) is 13.7. The van der Waals surface area contributed by atoms with Crippen LogP contribution in [0.4, 0.5) is 5.69 Å². The average molecular weight is 318 g/mol. The van der Waals surface area contributed by atoms with Gasteiger partial charge < -0.3 is 19.7 Å². The van der Waals surface area contributed by atoms with E-state index in [0.29, 0.717) is 31.9 Å². The highest BCUT2D eigenvalue weighted by molar-refractivity contribution is 6.07. The first-order valence-corrected chi connectivity index (χ1v) is 7.79. The van der Waals surface area contributed by atoms with Crippen molar-refractivity contribution in [3.63, 3.8) is 0 Å². The van der Waals surface area contributed by atoms with E-state index in [1.807, 2.05) is 19.9 Å². The molecule has 0 spiro atoms. The maximum atomic E-state index is 12.7. The number of rotatable bonds is 3. The Labute approximate surface area is 135 Å². The minimum Gasteiger partial charge on any atom is -0.382 e. The maximum Gasteiger partial charge on any atom is 0.254 e. The van der Waals surface area contributed by atoms with Crippen LogP contribution in [0.1, 0.15) is 29.8 Å². The highest BCUT2D eigenvalue weighted by Gasteiger charge is 2.38. The Balaban J connectivity index is 1.79. The van der Waals surface area contributed by atoms with Crippen LogP contribution >= 0.6 is 0 Å². The predicted molar refractivity (Wildman–Crippen MR) is 85.6 cm³/mol. The van der Waals surface area contributed by atoms with Crippen LogP contribution in [0.3, 0.4) is 0 Å². The number of ether oxygens (including phenoxy) is 2. The van der Waals surface area contributed by atoms with Crippen molar-refractivity contribution in [3.05, 3.63) is 29.3 Å². The number of nitrogens with one attached hydrogen (secondary N) is 1. The van der Waals surface area contributed by atoms with Crippen LogP contribution in [0.25, 0.3) is 0 Å². The van der Waals surface area contributed by atoms with Gasteiger partial charge in [-0.25, -0.2) is 0 Å². The Morgan fingerprint density at radius 1 is 1.48 bits per heavy atom. The van der Waals surface area contributed by atoms with Crippen LogP contribution in [-0.4, -0.2) is 56.2 Å². The summed E-state index contributed by atoms with van der Waals surface area (Å²) in [6.07, 6.45) is -0.0919. The second-order valence-corrected chi connectivity index (χ2v) is 6.54. The molecule has 2 heterocycles. The summed E-state index contributed by atoms with van der Waals surface area (Å²) in [5, 5.41) is 2.86. The van der Waals surface area contributed by atoms with Crippen molar-refractivity contribution in [3.8, 4) is 0 Å². The molecule has 0 radical (unpaired) electrons. The van der Waals surface area contributed by atoms with Gasteiger partial charge in [0.05, 0.1) is 24.7 Å². The first kappa shape index (κ1) is 16.0. The zero-order valence-corrected chi connectivity index (χ0v) is 13.7. The van der Waals surface area contributed by atoms with E-state index in [-0.39, 0.29) is 17.9 Å². The molecule has 23 heavy (non-hydrogen) atoms.